The Balaban J connectivity index is 1.38. The van der Waals surface area contributed by atoms with Crippen LogP contribution in [0.25, 0.3) is 0 Å². The van der Waals surface area contributed by atoms with E-state index in [4.69, 9.17) is 9.73 Å². The van der Waals surface area contributed by atoms with Crippen molar-refractivity contribution in [2.24, 2.45) is 4.99 Å². The number of ether oxygens (including phenoxy) is 1. The van der Waals surface area contributed by atoms with Crippen molar-refractivity contribution in [3.63, 3.8) is 0 Å². The highest BCUT2D eigenvalue weighted by Crippen LogP contribution is 2.35. The number of para-hydroxylation sites is 2. The van der Waals surface area contributed by atoms with Gasteiger partial charge >= 0.3 is 0 Å². The Morgan fingerprint density at radius 1 is 1.04 bits per heavy atom. The number of rotatable bonds is 6. The van der Waals surface area contributed by atoms with Gasteiger partial charge in [0.15, 0.2) is 15.0 Å². The van der Waals surface area contributed by atoms with Crippen LogP contribution in [0.5, 0.6) is 5.75 Å². The molecule has 2 aromatic rings. The van der Waals surface area contributed by atoms with E-state index in [0.29, 0.717) is 6.61 Å². The quantitative estimate of drug-likeness (QED) is 0.695. The van der Waals surface area contributed by atoms with Crippen molar-refractivity contribution in [1.82, 2.24) is 0 Å². The first-order chi connectivity index (χ1) is 13.1. The van der Waals surface area contributed by atoms with E-state index in [1.165, 1.54) is 0 Å². The number of sulfone groups is 1. The molecule has 0 bridgehead atoms. The van der Waals surface area contributed by atoms with Crippen molar-refractivity contribution < 1.29 is 13.2 Å². The Kier molecular flexibility index (Phi) is 5.41. The van der Waals surface area contributed by atoms with Gasteiger partial charge < -0.3 is 9.64 Å². The third-order valence-electron chi connectivity index (χ3n) is 4.67. The molecule has 2 unspecified atom stereocenters. The van der Waals surface area contributed by atoms with Gasteiger partial charge in [-0.1, -0.05) is 48.2 Å². The zero-order valence-corrected chi connectivity index (χ0v) is 16.5. The smallest absolute Gasteiger partial charge is 0.164 e. The Hall–Kier alpha value is -1.99. The number of hydrogen-bond acceptors (Lipinski definition) is 6. The molecule has 142 valence electrons. The number of nitrogens with zero attached hydrogens (tertiary/aromatic N) is 2. The second-order valence-corrected chi connectivity index (χ2v) is 9.91. The SMILES string of the molecule is O=S1(=O)CC2N=C(SCCCOc3ccccc3)N(c3ccccc3)C2C1. The molecule has 2 aliphatic heterocycles. The molecule has 27 heavy (non-hydrogen) atoms. The molecule has 2 aliphatic rings. The van der Waals surface area contributed by atoms with Crippen molar-refractivity contribution in [3.05, 3.63) is 60.7 Å². The van der Waals surface area contributed by atoms with Gasteiger partial charge in [0.05, 0.1) is 30.2 Å². The average molecular weight is 403 g/mol. The van der Waals surface area contributed by atoms with Crippen molar-refractivity contribution in [2.75, 3.05) is 28.8 Å². The predicted octanol–water partition coefficient (Wildman–Crippen LogP) is 3.23. The first-order valence-corrected chi connectivity index (χ1v) is 11.9. The number of fused-ring (bicyclic) bond motifs is 1. The second-order valence-electron chi connectivity index (χ2n) is 6.69. The van der Waals surface area contributed by atoms with Crippen molar-refractivity contribution in [3.8, 4) is 5.75 Å². The van der Waals surface area contributed by atoms with E-state index in [1.807, 2.05) is 60.7 Å². The van der Waals surface area contributed by atoms with Crippen LogP contribution in [-0.2, 0) is 9.84 Å². The van der Waals surface area contributed by atoms with Gasteiger partial charge in [0.2, 0.25) is 0 Å². The Labute approximate surface area is 164 Å². The minimum Gasteiger partial charge on any atom is -0.494 e. The van der Waals surface area contributed by atoms with Crippen LogP contribution in [0.15, 0.2) is 65.7 Å². The van der Waals surface area contributed by atoms with Crippen molar-refractivity contribution in [2.45, 2.75) is 18.5 Å². The molecule has 0 saturated carbocycles. The summed E-state index contributed by atoms with van der Waals surface area (Å²) in [6.07, 6.45) is 0.898. The minimum atomic E-state index is -3.01. The van der Waals surface area contributed by atoms with Crippen LogP contribution < -0.4 is 9.64 Å². The van der Waals surface area contributed by atoms with Gasteiger partial charge in [0, 0.05) is 11.4 Å². The van der Waals surface area contributed by atoms with Crippen LogP contribution in [0.1, 0.15) is 6.42 Å². The largest absolute Gasteiger partial charge is 0.494 e. The van der Waals surface area contributed by atoms with E-state index < -0.39 is 9.84 Å². The Bertz CT molecular complexity index is 901. The summed E-state index contributed by atoms with van der Waals surface area (Å²) >= 11 is 1.68. The van der Waals surface area contributed by atoms with Crippen molar-refractivity contribution >= 4 is 32.5 Å². The summed E-state index contributed by atoms with van der Waals surface area (Å²) in [5, 5.41) is 0.922. The minimum absolute atomic E-state index is 0.0829. The molecule has 5 nitrogen and oxygen atoms in total. The van der Waals surface area contributed by atoms with E-state index in [-0.39, 0.29) is 23.6 Å². The Morgan fingerprint density at radius 2 is 1.74 bits per heavy atom. The molecule has 0 amide bonds. The molecule has 4 rings (SSSR count). The summed E-state index contributed by atoms with van der Waals surface area (Å²) in [6, 6.07) is 19.5. The molecule has 7 heteroatoms. The summed E-state index contributed by atoms with van der Waals surface area (Å²) in [7, 11) is -3.01. The topological polar surface area (TPSA) is 59.0 Å². The highest BCUT2D eigenvalue weighted by molar-refractivity contribution is 8.14. The molecule has 2 aromatic carbocycles. The number of hydrogen-bond donors (Lipinski definition) is 0. The molecular formula is C20H22N2O3S2. The molecule has 0 aliphatic carbocycles. The fourth-order valence-corrected chi connectivity index (χ4v) is 6.33. The summed E-state index contributed by atoms with van der Waals surface area (Å²) in [5.41, 5.74) is 1.01. The van der Waals surface area contributed by atoms with Gasteiger partial charge in [-0.15, -0.1) is 0 Å². The van der Waals surface area contributed by atoms with Crippen LogP contribution in [-0.4, -0.2) is 49.5 Å². The predicted molar refractivity (Wildman–Crippen MR) is 112 cm³/mol. The molecule has 0 spiro atoms. The fourth-order valence-electron chi connectivity index (χ4n) is 3.45. The lowest BCUT2D eigenvalue weighted by atomic mass is 10.1. The summed E-state index contributed by atoms with van der Waals surface area (Å²) < 4.78 is 29.8. The third kappa shape index (κ3) is 4.30. The molecule has 2 atom stereocenters. The van der Waals surface area contributed by atoms with Crippen LogP contribution in [0.2, 0.25) is 0 Å². The Morgan fingerprint density at radius 3 is 2.48 bits per heavy atom. The molecule has 0 aromatic heterocycles. The fraction of sp³-hybridized carbons (Fsp3) is 0.350. The lowest BCUT2D eigenvalue weighted by molar-refractivity contribution is 0.319. The van der Waals surface area contributed by atoms with Crippen LogP contribution in [0.3, 0.4) is 0 Å². The second kappa shape index (κ2) is 7.94. The monoisotopic (exact) mass is 402 g/mol. The zero-order valence-electron chi connectivity index (χ0n) is 14.9. The maximum absolute atomic E-state index is 12.0. The molecule has 0 radical (unpaired) electrons. The standard InChI is InChI=1S/C20H22N2O3S2/c23-27(24)14-18-19(15-27)22(16-8-3-1-4-9-16)20(21-18)26-13-7-12-25-17-10-5-2-6-11-17/h1-6,8-11,18-19H,7,12-15H2. The highest BCUT2D eigenvalue weighted by Gasteiger charge is 2.46. The van der Waals surface area contributed by atoms with E-state index in [1.54, 1.807) is 11.8 Å². The van der Waals surface area contributed by atoms with E-state index in [9.17, 15) is 8.42 Å². The molecular weight excluding hydrogens is 380 g/mol. The average Bonchev–Trinajstić information content (AvgIpc) is 3.14. The number of anilines is 1. The number of thioether (sulfide) groups is 1. The zero-order chi connectivity index (χ0) is 18.7. The van der Waals surface area contributed by atoms with Gasteiger partial charge in [-0.25, -0.2) is 8.42 Å². The summed E-state index contributed by atoms with van der Waals surface area (Å²) in [4.78, 5) is 6.85. The van der Waals surface area contributed by atoms with E-state index in [0.717, 1.165) is 28.8 Å². The lowest BCUT2D eigenvalue weighted by Gasteiger charge is -2.26. The van der Waals surface area contributed by atoms with Crippen LogP contribution in [0, 0.1) is 0 Å². The highest BCUT2D eigenvalue weighted by atomic mass is 32.2. The first kappa shape index (κ1) is 18.4. The maximum atomic E-state index is 12.0. The number of aliphatic imine (C=N–C) groups is 1. The summed E-state index contributed by atoms with van der Waals surface area (Å²) in [5.74, 6) is 2.09. The van der Waals surface area contributed by atoms with Gasteiger partial charge in [0.1, 0.15) is 5.75 Å². The van der Waals surface area contributed by atoms with Gasteiger partial charge in [-0.05, 0) is 30.7 Å². The van der Waals surface area contributed by atoms with E-state index in [2.05, 4.69) is 4.90 Å². The maximum Gasteiger partial charge on any atom is 0.164 e. The number of benzene rings is 2. The first-order valence-electron chi connectivity index (χ1n) is 9.05. The van der Waals surface area contributed by atoms with Gasteiger partial charge in [-0.2, -0.15) is 0 Å². The van der Waals surface area contributed by atoms with Crippen LogP contribution in [0.4, 0.5) is 5.69 Å². The van der Waals surface area contributed by atoms with Crippen molar-refractivity contribution in [1.29, 1.82) is 0 Å². The molecule has 1 saturated heterocycles. The number of amidine groups is 1. The molecule has 2 heterocycles. The van der Waals surface area contributed by atoms with Gasteiger partial charge in [0.25, 0.3) is 0 Å². The lowest BCUT2D eigenvalue weighted by Crippen LogP contribution is -2.39. The molecule has 0 N–H and O–H groups in total. The van der Waals surface area contributed by atoms with E-state index >= 15 is 0 Å². The molecule has 1 fully saturated rings. The normalized spacial score (nSPS) is 23.1. The van der Waals surface area contributed by atoms with Crippen LogP contribution >= 0.6 is 11.8 Å². The third-order valence-corrected chi connectivity index (χ3v) is 7.43. The van der Waals surface area contributed by atoms with Gasteiger partial charge in [-0.3, -0.25) is 4.99 Å². The summed E-state index contributed by atoms with van der Waals surface area (Å²) in [6.45, 7) is 0.650.